The maximum Gasteiger partial charge on any atom is 0.122 e. The zero-order valence-electron chi connectivity index (χ0n) is 11.6. The van der Waals surface area contributed by atoms with Crippen LogP contribution in [0.3, 0.4) is 0 Å². The van der Waals surface area contributed by atoms with Crippen molar-refractivity contribution in [3.05, 3.63) is 29.3 Å². The second-order valence-corrected chi connectivity index (χ2v) is 6.01. The fraction of sp³-hybridized carbons (Fsp3) is 0.588. The van der Waals surface area contributed by atoms with Crippen LogP contribution in [0.2, 0.25) is 0 Å². The molecule has 3 atom stereocenters. The smallest absolute Gasteiger partial charge is 0.122 e. The molecule has 1 aromatic rings. The lowest BCUT2D eigenvalue weighted by atomic mass is 9.74. The molecule has 19 heavy (non-hydrogen) atoms. The SMILES string of the molecule is COc1cccc2c1CC1CCC(CCC=O)C1C2. The van der Waals surface area contributed by atoms with Gasteiger partial charge in [0.05, 0.1) is 7.11 Å². The van der Waals surface area contributed by atoms with Crippen LogP contribution in [-0.4, -0.2) is 13.4 Å². The van der Waals surface area contributed by atoms with Gasteiger partial charge < -0.3 is 9.53 Å². The maximum absolute atomic E-state index is 10.6. The molecule has 2 nitrogen and oxygen atoms in total. The highest BCUT2D eigenvalue weighted by molar-refractivity contribution is 5.49. The van der Waals surface area contributed by atoms with E-state index in [4.69, 9.17) is 4.74 Å². The molecule has 2 heteroatoms. The minimum absolute atomic E-state index is 0.735. The maximum atomic E-state index is 10.6. The zero-order chi connectivity index (χ0) is 13.2. The molecule has 1 saturated carbocycles. The quantitative estimate of drug-likeness (QED) is 0.774. The fourth-order valence-electron chi connectivity index (χ4n) is 4.21. The van der Waals surface area contributed by atoms with Crippen molar-refractivity contribution in [2.45, 2.75) is 38.5 Å². The summed E-state index contributed by atoms with van der Waals surface area (Å²) >= 11 is 0. The van der Waals surface area contributed by atoms with Crippen molar-refractivity contribution < 1.29 is 9.53 Å². The highest BCUT2D eigenvalue weighted by atomic mass is 16.5. The summed E-state index contributed by atoms with van der Waals surface area (Å²) in [5.41, 5.74) is 2.90. The summed E-state index contributed by atoms with van der Waals surface area (Å²) in [6.45, 7) is 0. The van der Waals surface area contributed by atoms with Crippen LogP contribution in [0.4, 0.5) is 0 Å². The minimum atomic E-state index is 0.735. The first kappa shape index (κ1) is 12.7. The van der Waals surface area contributed by atoms with Gasteiger partial charge in [0.1, 0.15) is 12.0 Å². The van der Waals surface area contributed by atoms with Gasteiger partial charge >= 0.3 is 0 Å². The summed E-state index contributed by atoms with van der Waals surface area (Å²) < 4.78 is 5.51. The van der Waals surface area contributed by atoms with Crippen LogP contribution in [0.5, 0.6) is 5.75 Å². The monoisotopic (exact) mass is 258 g/mol. The Labute approximate surface area is 115 Å². The standard InChI is InChI=1S/C17H22O2/c1-19-17-6-2-4-13-10-15-12(5-3-9-18)7-8-14(15)11-16(13)17/h2,4,6,9,12,14-15H,3,5,7-8,10-11H2,1H3. The topological polar surface area (TPSA) is 26.3 Å². The molecule has 102 valence electrons. The number of aldehydes is 1. The first-order valence-electron chi connectivity index (χ1n) is 7.42. The Morgan fingerprint density at radius 1 is 1.32 bits per heavy atom. The van der Waals surface area contributed by atoms with Crippen LogP contribution >= 0.6 is 0 Å². The van der Waals surface area contributed by atoms with E-state index in [2.05, 4.69) is 18.2 Å². The van der Waals surface area contributed by atoms with Gasteiger partial charge in [-0.3, -0.25) is 0 Å². The molecule has 0 N–H and O–H groups in total. The van der Waals surface area contributed by atoms with Gasteiger partial charge in [-0.25, -0.2) is 0 Å². The predicted octanol–water partition coefficient (Wildman–Crippen LogP) is 3.42. The number of benzene rings is 1. The van der Waals surface area contributed by atoms with Crippen LogP contribution in [-0.2, 0) is 17.6 Å². The first-order valence-corrected chi connectivity index (χ1v) is 7.42. The number of ether oxygens (including phenoxy) is 1. The lowest BCUT2D eigenvalue weighted by Gasteiger charge is -2.32. The van der Waals surface area contributed by atoms with Crippen LogP contribution in [0, 0.1) is 17.8 Å². The number of methoxy groups -OCH3 is 1. The van der Waals surface area contributed by atoms with Gasteiger partial charge in [0.25, 0.3) is 0 Å². The molecule has 2 aliphatic rings. The summed E-state index contributed by atoms with van der Waals surface area (Å²) in [6.07, 6.45) is 7.88. The third-order valence-corrected chi connectivity index (χ3v) is 5.15. The molecular formula is C17H22O2. The Morgan fingerprint density at radius 2 is 2.21 bits per heavy atom. The molecule has 0 spiro atoms. The van der Waals surface area contributed by atoms with Gasteiger partial charge in [-0.15, -0.1) is 0 Å². The van der Waals surface area contributed by atoms with Gasteiger partial charge in [-0.1, -0.05) is 12.1 Å². The van der Waals surface area contributed by atoms with E-state index in [-0.39, 0.29) is 0 Å². The molecular weight excluding hydrogens is 236 g/mol. The molecule has 0 heterocycles. The summed E-state index contributed by atoms with van der Waals surface area (Å²) in [5, 5.41) is 0. The van der Waals surface area contributed by atoms with Crippen LogP contribution in [0.15, 0.2) is 18.2 Å². The molecule has 0 aliphatic heterocycles. The van der Waals surface area contributed by atoms with Crippen molar-refractivity contribution in [3.63, 3.8) is 0 Å². The van der Waals surface area contributed by atoms with Crippen molar-refractivity contribution in [2.24, 2.45) is 17.8 Å². The van der Waals surface area contributed by atoms with E-state index in [0.29, 0.717) is 0 Å². The van der Waals surface area contributed by atoms with Crippen molar-refractivity contribution in [1.82, 2.24) is 0 Å². The number of rotatable bonds is 4. The third kappa shape index (κ3) is 2.29. The molecule has 3 rings (SSSR count). The average Bonchev–Trinajstić information content (AvgIpc) is 2.84. The summed E-state index contributed by atoms with van der Waals surface area (Å²) in [6, 6.07) is 6.44. The lowest BCUT2D eigenvalue weighted by Crippen LogP contribution is -2.25. The number of carbonyl (C=O) groups excluding carboxylic acids is 1. The van der Waals surface area contributed by atoms with Crippen LogP contribution < -0.4 is 4.74 Å². The third-order valence-electron chi connectivity index (χ3n) is 5.15. The largest absolute Gasteiger partial charge is 0.496 e. The van der Waals surface area contributed by atoms with Gasteiger partial charge in [0, 0.05) is 6.42 Å². The predicted molar refractivity (Wildman–Crippen MR) is 75.4 cm³/mol. The van der Waals surface area contributed by atoms with Gasteiger partial charge in [0.15, 0.2) is 0 Å². The molecule has 2 aliphatic carbocycles. The first-order chi connectivity index (χ1) is 9.33. The highest BCUT2D eigenvalue weighted by Gasteiger charge is 2.39. The van der Waals surface area contributed by atoms with Crippen LogP contribution in [0.1, 0.15) is 36.8 Å². The van der Waals surface area contributed by atoms with E-state index in [1.165, 1.54) is 36.8 Å². The number of hydrogen-bond acceptors (Lipinski definition) is 2. The minimum Gasteiger partial charge on any atom is -0.496 e. The molecule has 0 bridgehead atoms. The second kappa shape index (κ2) is 5.36. The Bertz CT molecular complexity index is 466. The van der Waals surface area contributed by atoms with E-state index in [1.807, 2.05) is 0 Å². The molecule has 0 radical (unpaired) electrons. The van der Waals surface area contributed by atoms with Crippen molar-refractivity contribution in [2.75, 3.05) is 7.11 Å². The van der Waals surface area contributed by atoms with E-state index in [1.54, 1.807) is 7.11 Å². The molecule has 3 unspecified atom stereocenters. The van der Waals surface area contributed by atoms with Gasteiger partial charge in [-0.05, 0) is 67.1 Å². The molecule has 0 saturated heterocycles. The van der Waals surface area contributed by atoms with Crippen molar-refractivity contribution >= 4 is 6.29 Å². The van der Waals surface area contributed by atoms with E-state index >= 15 is 0 Å². The Kier molecular flexibility index (Phi) is 3.58. The van der Waals surface area contributed by atoms with Crippen molar-refractivity contribution in [3.8, 4) is 5.75 Å². The number of carbonyl (C=O) groups is 1. The highest BCUT2D eigenvalue weighted by Crippen LogP contribution is 2.47. The van der Waals surface area contributed by atoms with E-state index < -0.39 is 0 Å². The molecule has 1 aromatic carbocycles. The second-order valence-electron chi connectivity index (χ2n) is 6.01. The fourth-order valence-corrected chi connectivity index (χ4v) is 4.21. The normalized spacial score (nSPS) is 28.6. The Morgan fingerprint density at radius 3 is 3.00 bits per heavy atom. The Balaban J connectivity index is 1.82. The van der Waals surface area contributed by atoms with E-state index in [9.17, 15) is 4.79 Å². The van der Waals surface area contributed by atoms with Crippen LogP contribution in [0.25, 0.3) is 0 Å². The van der Waals surface area contributed by atoms with Crippen molar-refractivity contribution in [1.29, 1.82) is 0 Å². The average molecular weight is 258 g/mol. The number of hydrogen-bond donors (Lipinski definition) is 0. The molecule has 0 aromatic heterocycles. The lowest BCUT2D eigenvalue weighted by molar-refractivity contribution is -0.108. The Hall–Kier alpha value is -1.31. The molecule has 0 amide bonds. The summed E-state index contributed by atoms with van der Waals surface area (Å²) in [7, 11) is 1.77. The zero-order valence-corrected chi connectivity index (χ0v) is 11.6. The summed E-state index contributed by atoms with van der Waals surface area (Å²) in [4.78, 5) is 10.6. The summed E-state index contributed by atoms with van der Waals surface area (Å²) in [5.74, 6) is 3.42. The number of fused-ring (bicyclic) bond motifs is 2. The van der Waals surface area contributed by atoms with E-state index in [0.717, 1.165) is 42.6 Å². The molecule has 1 fully saturated rings. The van der Waals surface area contributed by atoms with Gasteiger partial charge in [0.2, 0.25) is 0 Å². The van der Waals surface area contributed by atoms with Gasteiger partial charge in [-0.2, -0.15) is 0 Å².